The molecule has 0 aliphatic carbocycles. The Kier molecular flexibility index (Phi) is 5.57. The van der Waals surface area contributed by atoms with Crippen molar-refractivity contribution in [2.75, 3.05) is 10.2 Å². The van der Waals surface area contributed by atoms with E-state index in [0.29, 0.717) is 21.2 Å². The maximum absolute atomic E-state index is 14.5. The van der Waals surface area contributed by atoms with Crippen LogP contribution in [0.15, 0.2) is 60.3 Å². The average molecular weight is 453 g/mol. The number of hydrogen-bond donors (Lipinski definition) is 1. The van der Waals surface area contributed by atoms with Crippen molar-refractivity contribution in [3.8, 4) is 0 Å². The number of hydrogen-bond acceptors (Lipinski definition) is 3. The number of carbonyl (C=O) groups is 2. The first kappa shape index (κ1) is 21.7. The van der Waals surface area contributed by atoms with Crippen molar-refractivity contribution in [1.82, 2.24) is 0 Å². The molecule has 4 nitrogen and oxygen atoms in total. The molecule has 1 aliphatic rings. The van der Waals surface area contributed by atoms with Crippen LogP contribution >= 0.6 is 11.6 Å². The molecule has 0 aromatic heterocycles. The summed E-state index contributed by atoms with van der Waals surface area (Å²) >= 11 is 6.03. The fourth-order valence-electron chi connectivity index (χ4n) is 3.77. The molecule has 162 valence electrons. The Bertz CT molecular complexity index is 1320. The first-order chi connectivity index (χ1) is 15.2. The molecule has 1 aliphatic heterocycles. The zero-order chi connectivity index (χ0) is 23.2. The summed E-state index contributed by atoms with van der Waals surface area (Å²) in [7, 11) is 0. The van der Waals surface area contributed by atoms with Crippen LogP contribution in [0.3, 0.4) is 0 Å². The summed E-state index contributed by atoms with van der Waals surface area (Å²) in [5, 5.41) is 3.56. The minimum atomic E-state index is -0.878. The number of aryl methyl sites for hydroxylation is 3. The monoisotopic (exact) mass is 452 g/mol. The fourth-order valence-corrected chi connectivity index (χ4v) is 3.99. The molecule has 0 atom stereocenters. The molecule has 0 radical (unpaired) electrons. The van der Waals surface area contributed by atoms with E-state index in [1.54, 1.807) is 31.2 Å². The summed E-state index contributed by atoms with van der Waals surface area (Å²) in [6, 6.07) is 13.2. The highest BCUT2D eigenvalue weighted by Crippen LogP contribution is 2.37. The van der Waals surface area contributed by atoms with Gasteiger partial charge in [-0.2, -0.15) is 0 Å². The Morgan fingerprint density at radius 2 is 1.59 bits per heavy atom. The highest BCUT2D eigenvalue weighted by molar-refractivity contribution is 6.46. The Morgan fingerprint density at radius 1 is 0.844 bits per heavy atom. The van der Waals surface area contributed by atoms with Crippen molar-refractivity contribution in [2.45, 2.75) is 20.8 Å². The summed E-state index contributed by atoms with van der Waals surface area (Å²) in [5.74, 6) is -3.15. The normalized spacial score (nSPS) is 13.9. The summed E-state index contributed by atoms with van der Waals surface area (Å²) in [6.45, 7) is 5.54. The lowest BCUT2D eigenvalue weighted by atomic mass is 9.97. The molecule has 0 bridgehead atoms. The largest absolute Gasteiger partial charge is 0.350 e. The van der Waals surface area contributed by atoms with Gasteiger partial charge in [-0.15, -0.1) is 0 Å². The van der Waals surface area contributed by atoms with Gasteiger partial charge in [0.1, 0.15) is 17.3 Å². The van der Waals surface area contributed by atoms with Crippen molar-refractivity contribution in [2.24, 2.45) is 0 Å². The summed E-state index contributed by atoms with van der Waals surface area (Å²) in [4.78, 5) is 27.5. The van der Waals surface area contributed by atoms with E-state index in [-0.39, 0.29) is 11.3 Å². The van der Waals surface area contributed by atoms with E-state index < -0.39 is 29.1 Å². The predicted molar refractivity (Wildman–Crippen MR) is 121 cm³/mol. The second kappa shape index (κ2) is 8.20. The summed E-state index contributed by atoms with van der Waals surface area (Å²) < 4.78 is 28.4. The molecule has 1 N–H and O–H groups in total. The van der Waals surface area contributed by atoms with Crippen LogP contribution in [0.4, 0.5) is 20.2 Å². The van der Waals surface area contributed by atoms with Gasteiger partial charge in [-0.25, -0.2) is 13.7 Å². The zero-order valence-corrected chi connectivity index (χ0v) is 18.3. The van der Waals surface area contributed by atoms with E-state index in [1.807, 2.05) is 26.0 Å². The minimum absolute atomic E-state index is 0.0176. The van der Waals surface area contributed by atoms with Crippen LogP contribution in [-0.4, -0.2) is 11.8 Å². The molecule has 0 saturated heterocycles. The Labute approximate surface area is 189 Å². The molecule has 1 heterocycles. The van der Waals surface area contributed by atoms with Crippen molar-refractivity contribution >= 4 is 40.4 Å². The van der Waals surface area contributed by atoms with Crippen LogP contribution in [-0.2, 0) is 9.59 Å². The molecule has 7 heteroatoms. The molecule has 2 amide bonds. The van der Waals surface area contributed by atoms with E-state index in [0.717, 1.165) is 34.9 Å². The third kappa shape index (κ3) is 3.78. The Hall–Kier alpha value is -3.51. The molecule has 0 spiro atoms. The van der Waals surface area contributed by atoms with E-state index in [9.17, 15) is 18.4 Å². The standard InChI is InChI=1S/C25H19ClF2N2O2/c1-13-4-7-18(14(2)10-13)22-23(29-20-9-5-16(26)11-15(20)3)25(32)30(24(22)31)21-12-17(27)6-8-19(21)28/h4-12,29H,1-3H3. The number of rotatable bonds is 4. The highest BCUT2D eigenvalue weighted by atomic mass is 35.5. The van der Waals surface area contributed by atoms with E-state index in [4.69, 9.17) is 11.6 Å². The Morgan fingerprint density at radius 3 is 2.28 bits per heavy atom. The molecule has 4 rings (SSSR count). The fraction of sp³-hybridized carbons (Fsp3) is 0.120. The highest BCUT2D eigenvalue weighted by Gasteiger charge is 2.42. The first-order valence-corrected chi connectivity index (χ1v) is 10.2. The van der Waals surface area contributed by atoms with Crippen LogP contribution < -0.4 is 10.2 Å². The summed E-state index contributed by atoms with van der Waals surface area (Å²) in [5.41, 5.74) is 3.24. The maximum atomic E-state index is 14.5. The van der Waals surface area contributed by atoms with E-state index in [2.05, 4.69) is 5.32 Å². The lowest BCUT2D eigenvalue weighted by Gasteiger charge is -2.16. The van der Waals surface area contributed by atoms with Crippen LogP contribution in [0.5, 0.6) is 0 Å². The Balaban J connectivity index is 1.90. The number of carbonyl (C=O) groups excluding carboxylic acids is 2. The third-order valence-electron chi connectivity index (χ3n) is 5.33. The zero-order valence-electron chi connectivity index (χ0n) is 17.6. The number of imide groups is 1. The second-order valence-electron chi connectivity index (χ2n) is 7.69. The lowest BCUT2D eigenvalue weighted by Crippen LogP contribution is -2.33. The molecule has 0 saturated carbocycles. The first-order valence-electron chi connectivity index (χ1n) is 9.86. The van der Waals surface area contributed by atoms with Gasteiger partial charge in [-0.1, -0.05) is 35.4 Å². The maximum Gasteiger partial charge on any atom is 0.282 e. The van der Waals surface area contributed by atoms with Gasteiger partial charge in [0, 0.05) is 16.8 Å². The topological polar surface area (TPSA) is 49.4 Å². The van der Waals surface area contributed by atoms with Gasteiger partial charge in [-0.3, -0.25) is 9.59 Å². The third-order valence-corrected chi connectivity index (χ3v) is 5.57. The second-order valence-corrected chi connectivity index (χ2v) is 8.13. The number of anilines is 2. The predicted octanol–water partition coefficient (Wildman–Crippen LogP) is 5.94. The van der Waals surface area contributed by atoms with Gasteiger partial charge >= 0.3 is 0 Å². The van der Waals surface area contributed by atoms with Crippen LogP contribution in [0.2, 0.25) is 5.02 Å². The quantitative estimate of drug-likeness (QED) is 0.498. The van der Waals surface area contributed by atoms with E-state index in [1.165, 1.54) is 0 Å². The van der Waals surface area contributed by atoms with Crippen LogP contribution in [0.25, 0.3) is 5.57 Å². The van der Waals surface area contributed by atoms with Crippen molar-refractivity contribution in [1.29, 1.82) is 0 Å². The van der Waals surface area contributed by atoms with Crippen LogP contribution in [0, 0.1) is 32.4 Å². The van der Waals surface area contributed by atoms with Crippen molar-refractivity contribution < 1.29 is 18.4 Å². The lowest BCUT2D eigenvalue weighted by molar-refractivity contribution is -0.120. The van der Waals surface area contributed by atoms with Gasteiger partial charge in [0.2, 0.25) is 0 Å². The van der Waals surface area contributed by atoms with Gasteiger partial charge in [-0.05, 0) is 67.8 Å². The molecule has 0 fully saturated rings. The van der Waals surface area contributed by atoms with Gasteiger partial charge < -0.3 is 5.32 Å². The SMILES string of the molecule is Cc1ccc(C2=C(Nc3ccc(Cl)cc3C)C(=O)N(c3cc(F)ccc3F)C2=O)c(C)c1. The molecule has 3 aromatic rings. The van der Waals surface area contributed by atoms with Crippen LogP contribution in [0.1, 0.15) is 22.3 Å². The average Bonchev–Trinajstić information content (AvgIpc) is 2.96. The van der Waals surface area contributed by atoms with Crippen molar-refractivity contribution in [3.63, 3.8) is 0 Å². The minimum Gasteiger partial charge on any atom is -0.350 e. The molecule has 32 heavy (non-hydrogen) atoms. The number of halogens is 3. The van der Waals surface area contributed by atoms with Gasteiger partial charge in [0.15, 0.2) is 0 Å². The summed E-state index contributed by atoms with van der Waals surface area (Å²) in [6.07, 6.45) is 0. The van der Waals surface area contributed by atoms with Gasteiger partial charge in [0.05, 0.1) is 11.3 Å². The number of nitrogens with zero attached hydrogens (tertiary/aromatic N) is 1. The number of benzene rings is 3. The number of nitrogens with one attached hydrogen (secondary N) is 1. The molecule has 0 unspecified atom stereocenters. The molecule has 3 aromatic carbocycles. The molecular formula is C25H19ClF2N2O2. The smallest absolute Gasteiger partial charge is 0.282 e. The van der Waals surface area contributed by atoms with Crippen molar-refractivity contribution in [3.05, 3.63) is 99.2 Å². The molecular weight excluding hydrogens is 434 g/mol. The van der Waals surface area contributed by atoms with Gasteiger partial charge in [0.25, 0.3) is 11.8 Å². The number of amides is 2. The van der Waals surface area contributed by atoms with E-state index >= 15 is 0 Å².